The van der Waals surface area contributed by atoms with Gasteiger partial charge in [0.05, 0.1) is 13.4 Å². The van der Waals surface area contributed by atoms with Gasteiger partial charge in [-0.25, -0.2) is 0 Å². The van der Waals surface area contributed by atoms with Crippen LogP contribution in [0.5, 0.6) is 5.75 Å². The van der Waals surface area contributed by atoms with Crippen molar-refractivity contribution in [1.29, 1.82) is 0 Å². The van der Waals surface area contributed by atoms with E-state index in [9.17, 15) is 4.79 Å². The van der Waals surface area contributed by atoms with Crippen LogP contribution in [0.1, 0.15) is 15.9 Å². The second kappa shape index (κ2) is 7.75. The molecule has 0 radical (unpaired) electrons. The molecule has 8 nitrogen and oxygen atoms in total. The molecule has 0 aliphatic heterocycles. The third kappa shape index (κ3) is 3.61. The third-order valence-electron chi connectivity index (χ3n) is 4.08. The summed E-state index contributed by atoms with van der Waals surface area (Å²) in [6.45, 7) is 0.462. The van der Waals surface area contributed by atoms with Crippen LogP contribution in [0.25, 0.3) is 11.6 Å². The van der Waals surface area contributed by atoms with Gasteiger partial charge in [-0.2, -0.15) is 9.67 Å². The van der Waals surface area contributed by atoms with Crippen molar-refractivity contribution in [3.63, 3.8) is 0 Å². The fourth-order valence-corrected chi connectivity index (χ4v) is 2.62. The molecule has 0 aliphatic carbocycles. The molecule has 0 saturated heterocycles. The van der Waals surface area contributed by atoms with Gasteiger partial charge in [-0.1, -0.05) is 12.1 Å². The molecule has 3 aromatic heterocycles. The quantitative estimate of drug-likeness (QED) is 0.553. The Bertz CT molecular complexity index is 1060. The molecule has 8 heteroatoms. The molecule has 4 rings (SSSR count). The maximum absolute atomic E-state index is 12.9. The van der Waals surface area contributed by atoms with E-state index in [1.165, 1.54) is 10.9 Å². The Kier molecular flexibility index (Phi) is 4.83. The SMILES string of the molecule is COc1ccc(CNc2nc(-c3ccco3)nn2C(=O)c2ccncc2)cc1. The van der Waals surface area contributed by atoms with Gasteiger partial charge in [0.15, 0.2) is 5.76 Å². The normalized spacial score (nSPS) is 10.6. The zero-order chi connectivity index (χ0) is 19.3. The summed E-state index contributed by atoms with van der Waals surface area (Å²) >= 11 is 0. The topological polar surface area (TPSA) is 95.1 Å². The number of hydrogen-bond donors (Lipinski definition) is 1. The number of rotatable bonds is 6. The predicted molar refractivity (Wildman–Crippen MR) is 102 cm³/mol. The molecule has 0 unspecified atom stereocenters. The van der Waals surface area contributed by atoms with Crippen LogP contribution in [0.2, 0.25) is 0 Å². The first-order valence-electron chi connectivity index (χ1n) is 8.57. The lowest BCUT2D eigenvalue weighted by Gasteiger charge is -2.08. The van der Waals surface area contributed by atoms with Crippen molar-refractivity contribution in [3.05, 3.63) is 78.3 Å². The summed E-state index contributed by atoms with van der Waals surface area (Å²) in [6.07, 6.45) is 4.65. The van der Waals surface area contributed by atoms with E-state index >= 15 is 0 Å². The largest absolute Gasteiger partial charge is 0.497 e. The van der Waals surface area contributed by atoms with Gasteiger partial charge in [0.1, 0.15) is 5.75 Å². The number of carbonyl (C=O) groups excluding carboxylic acids is 1. The zero-order valence-corrected chi connectivity index (χ0v) is 15.1. The van der Waals surface area contributed by atoms with E-state index in [2.05, 4.69) is 20.4 Å². The molecule has 0 aliphatic rings. The third-order valence-corrected chi connectivity index (χ3v) is 4.08. The van der Waals surface area contributed by atoms with E-state index in [0.717, 1.165) is 11.3 Å². The summed E-state index contributed by atoms with van der Waals surface area (Å²) in [5.41, 5.74) is 1.46. The van der Waals surface area contributed by atoms with Gasteiger partial charge < -0.3 is 14.5 Å². The van der Waals surface area contributed by atoms with E-state index in [0.29, 0.717) is 29.6 Å². The second-order valence-corrected chi connectivity index (χ2v) is 5.89. The molecular weight excluding hydrogens is 358 g/mol. The molecule has 0 bridgehead atoms. The van der Waals surface area contributed by atoms with Gasteiger partial charge in [-0.05, 0) is 42.0 Å². The maximum atomic E-state index is 12.9. The fourth-order valence-electron chi connectivity index (χ4n) is 2.62. The number of aromatic nitrogens is 4. The van der Waals surface area contributed by atoms with Crippen LogP contribution >= 0.6 is 0 Å². The molecule has 1 N–H and O–H groups in total. The van der Waals surface area contributed by atoms with Crippen molar-refractivity contribution in [1.82, 2.24) is 19.7 Å². The van der Waals surface area contributed by atoms with Gasteiger partial charge in [0.25, 0.3) is 5.91 Å². The number of nitrogens with one attached hydrogen (secondary N) is 1. The summed E-state index contributed by atoms with van der Waals surface area (Å²) < 4.78 is 11.8. The Morgan fingerprint density at radius 3 is 2.61 bits per heavy atom. The Morgan fingerprint density at radius 1 is 1.14 bits per heavy atom. The van der Waals surface area contributed by atoms with E-state index in [-0.39, 0.29) is 5.91 Å². The van der Waals surface area contributed by atoms with Crippen molar-refractivity contribution < 1.29 is 13.9 Å². The first-order chi connectivity index (χ1) is 13.7. The minimum Gasteiger partial charge on any atom is -0.497 e. The van der Waals surface area contributed by atoms with E-state index in [4.69, 9.17) is 9.15 Å². The standard InChI is InChI=1S/C20H17N5O3/c1-27-16-6-4-14(5-7-16)13-22-20-23-18(17-3-2-12-28-17)24-25(20)19(26)15-8-10-21-11-9-15/h2-12H,13H2,1H3,(H,22,23,24). The first kappa shape index (κ1) is 17.5. The van der Waals surface area contributed by atoms with Gasteiger partial charge in [0.2, 0.25) is 11.8 Å². The lowest BCUT2D eigenvalue weighted by molar-refractivity contribution is 0.0947. The maximum Gasteiger partial charge on any atom is 0.281 e. The van der Waals surface area contributed by atoms with Crippen LogP contribution in [-0.4, -0.2) is 32.8 Å². The second-order valence-electron chi connectivity index (χ2n) is 5.89. The number of benzene rings is 1. The highest BCUT2D eigenvalue weighted by Gasteiger charge is 2.19. The molecule has 1 aromatic carbocycles. The lowest BCUT2D eigenvalue weighted by Crippen LogP contribution is -2.17. The number of furan rings is 1. The zero-order valence-electron chi connectivity index (χ0n) is 15.1. The van der Waals surface area contributed by atoms with Crippen molar-refractivity contribution in [2.24, 2.45) is 0 Å². The minimum atomic E-state index is -0.315. The Labute approximate surface area is 160 Å². The van der Waals surface area contributed by atoms with Crippen molar-refractivity contribution in [2.75, 3.05) is 12.4 Å². The number of hydrogen-bond acceptors (Lipinski definition) is 7. The average molecular weight is 375 g/mol. The van der Waals surface area contributed by atoms with Gasteiger partial charge >= 0.3 is 0 Å². The van der Waals surface area contributed by atoms with E-state index < -0.39 is 0 Å². The molecule has 0 amide bonds. The summed E-state index contributed by atoms with van der Waals surface area (Å²) in [6, 6.07) is 14.4. The molecule has 28 heavy (non-hydrogen) atoms. The molecular formula is C20H17N5O3. The molecule has 0 fully saturated rings. The van der Waals surface area contributed by atoms with Gasteiger partial charge in [-0.3, -0.25) is 9.78 Å². The van der Waals surface area contributed by atoms with Crippen LogP contribution in [-0.2, 0) is 6.54 Å². The summed E-state index contributed by atoms with van der Waals surface area (Å²) in [5, 5.41) is 7.50. The van der Waals surface area contributed by atoms with Gasteiger partial charge in [0, 0.05) is 24.5 Å². The smallest absolute Gasteiger partial charge is 0.281 e. The summed E-state index contributed by atoms with van der Waals surface area (Å²) in [4.78, 5) is 21.3. The number of ether oxygens (including phenoxy) is 1. The summed E-state index contributed by atoms with van der Waals surface area (Å²) in [5.74, 6) is 1.59. The van der Waals surface area contributed by atoms with Crippen LogP contribution < -0.4 is 10.1 Å². The number of anilines is 1. The minimum absolute atomic E-state index is 0.315. The average Bonchev–Trinajstić information content (AvgIpc) is 3.42. The van der Waals surface area contributed by atoms with Crippen LogP contribution in [0.3, 0.4) is 0 Å². The summed E-state index contributed by atoms with van der Waals surface area (Å²) in [7, 11) is 1.62. The number of methoxy groups -OCH3 is 1. The fraction of sp³-hybridized carbons (Fsp3) is 0.100. The van der Waals surface area contributed by atoms with Crippen molar-refractivity contribution >= 4 is 11.9 Å². The molecule has 0 atom stereocenters. The van der Waals surface area contributed by atoms with Crippen LogP contribution in [0, 0.1) is 0 Å². The van der Waals surface area contributed by atoms with Crippen molar-refractivity contribution in [2.45, 2.75) is 6.54 Å². The highest BCUT2D eigenvalue weighted by molar-refractivity contribution is 5.96. The van der Waals surface area contributed by atoms with Crippen molar-refractivity contribution in [3.8, 4) is 17.3 Å². The Hall–Kier alpha value is -3.94. The molecule has 0 saturated carbocycles. The first-order valence-corrected chi connectivity index (χ1v) is 8.57. The van der Waals surface area contributed by atoms with E-state index in [1.807, 2.05) is 24.3 Å². The monoisotopic (exact) mass is 375 g/mol. The molecule has 3 heterocycles. The number of pyridine rings is 1. The Morgan fingerprint density at radius 2 is 1.93 bits per heavy atom. The predicted octanol–water partition coefficient (Wildman–Crippen LogP) is 3.24. The molecule has 140 valence electrons. The highest BCUT2D eigenvalue weighted by atomic mass is 16.5. The van der Waals surface area contributed by atoms with Crippen LogP contribution in [0.4, 0.5) is 5.95 Å². The molecule has 4 aromatic rings. The van der Waals surface area contributed by atoms with Crippen LogP contribution in [0.15, 0.2) is 71.6 Å². The molecule has 0 spiro atoms. The Balaban J connectivity index is 1.63. The lowest BCUT2D eigenvalue weighted by atomic mass is 10.2. The number of carbonyl (C=O) groups is 1. The van der Waals surface area contributed by atoms with Gasteiger partial charge in [-0.15, -0.1) is 5.10 Å². The highest BCUT2D eigenvalue weighted by Crippen LogP contribution is 2.20. The van der Waals surface area contributed by atoms with E-state index in [1.54, 1.807) is 43.8 Å². The number of nitrogens with zero attached hydrogens (tertiary/aromatic N) is 4.